The highest BCUT2D eigenvalue weighted by Crippen LogP contribution is 2.32. The lowest BCUT2D eigenvalue weighted by atomic mass is 10.1. The summed E-state index contributed by atoms with van der Waals surface area (Å²) >= 11 is 0. The van der Waals surface area contributed by atoms with Gasteiger partial charge in [-0.25, -0.2) is 0 Å². The number of carbonyl (C=O) groups is 2. The summed E-state index contributed by atoms with van der Waals surface area (Å²) in [6, 6.07) is 0.592. The number of likely N-dealkylation sites (tertiary alicyclic amines) is 1. The summed E-state index contributed by atoms with van der Waals surface area (Å²) < 4.78 is 5.19. The Morgan fingerprint density at radius 2 is 2.42 bits per heavy atom. The third-order valence-corrected chi connectivity index (χ3v) is 3.22. The molecule has 0 aliphatic carbocycles. The van der Waals surface area contributed by atoms with Gasteiger partial charge in [-0.1, -0.05) is 5.16 Å². The third-order valence-electron chi connectivity index (χ3n) is 3.22. The van der Waals surface area contributed by atoms with Gasteiger partial charge in [-0.05, 0) is 19.8 Å². The molecule has 0 radical (unpaired) electrons. The van der Waals surface area contributed by atoms with Crippen LogP contribution in [0.4, 0.5) is 0 Å². The highest BCUT2D eigenvalue weighted by Gasteiger charge is 2.35. The van der Waals surface area contributed by atoms with Crippen LogP contribution in [0.5, 0.6) is 0 Å². The summed E-state index contributed by atoms with van der Waals surface area (Å²) in [5.74, 6) is -0.795. The van der Waals surface area contributed by atoms with Crippen molar-refractivity contribution in [2.24, 2.45) is 5.73 Å². The molecular weight excluding hydrogens is 250 g/mol. The molecule has 0 bridgehead atoms. The number of hydrogen-bond acceptors (Lipinski definition) is 5. The van der Waals surface area contributed by atoms with Crippen molar-refractivity contribution in [3.05, 3.63) is 17.5 Å². The second-order valence-electron chi connectivity index (χ2n) is 4.76. The number of nitrogens with two attached hydrogens (primary N) is 1. The van der Waals surface area contributed by atoms with Gasteiger partial charge >= 0.3 is 5.97 Å². The Balaban J connectivity index is 2.10. The Bertz CT molecular complexity index is 485. The fourth-order valence-corrected chi connectivity index (χ4v) is 2.36. The molecular formula is C12H17N3O4. The maximum Gasteiger partial charge on any atom is 0.305 e. The molecule has 104 valence electrons. The topological polar surface area (TPSA) is 110 Å². The molecule has 2 heterocycles. The van der Waals surface area contributed by atoms with Gasteiger partial charge in [0, 0.05) is 12.6 Å². The second-order valence-corrected chi connectivity index (χ2v) is 4.76. The molecule has 7 heteroatoms. The fourth-order valence-electron chi connectivity index (χ4n) is 2.36. The van der Waals surface area contributed by atoms with Gasteiger partial charge in [0.2, 0.25) is 5.91 Å². The third kappa shape index (κ3) is 2.93. The summed E-state index contributed by atoms with van der Waals surface area (Å²) in [6.45, 7) is 2.38. The van der Waals surface area contributed by atoms with E-state index in [0.29, 0.717) is 12.3 Å². The summed E-state index contributed by atoms with van der Waals surface area (Å²) in [7, 11) is 0. The van der Waals surface area contributed by atoms with Crippen molar-refractivity contribution in [3.63, 3.8) is 0 Å². The lowest BCUT2D eigenvalue weighted by Gasteiger charge is -2.25. The number of rotatable bonds is 4. The van der Waals surface area contributed by atoms with E-state index in [1.807, 2.05) is 6.92 Å². The number of carbonyl (C=O) groups excluding carboxylic acids is 1. The van der Waals surface area contributed by atoms with E-state index in [4.69, 9.17) is 15.4 Å². The largest absolute Gasteiger partial charge is 0.481 e. The summed E-state index contributed by atoms with van der Waals surface area (Å²) in [6.07, 6.45) is 1.26. The molecule has 3 N–H and O–H groups in total. The zero-order chi connectivity index (χ0) is 14.0. The molecule has 2 rings (SSSR count). The molecule has 1 aliphatic rings. The number of aryl methyl sites for hydroxylation is 1. The van der Waals surface area contributed by atoms with Crippen LogP contribution in [-0.2, 0) is 9.59 Å². The quantitative estimate of drug-likeness (QED) is 0.819. The Hall–Kier alpha value is -1.89. The minimum absolute atomic E-state index is 0.187. The van der Waals surface area contributed by atoms with Gasteiger partial charge in [0.1, 0.15) is 0 Å². The molecule has 0 saturated carbocycles. The van der Waals surface area contributed by atoms with E-state index in [1.54, 1.807) is 11.0 Å². The van der Waals surface area contributed by atoms with E-state index < -0.39 is 12.0 Å². The van der Waals surface area contributed by atoms with Gasteiger partial charge in [-0.2, -0.15) is 0 Å². The van der Waals surface area contributed by atoms with Crippen LogP contribution < -0.4 is 5.73 Å². The Morgan fingerprint density at radius 1 is 1.68 bits per heavy atom. The van der Waals surface area contributed by atoms with Crippen LogP contribution in [0.2, 0.25) is 0 Å². The van der Waals surface area contributed by atoms with E-state index in [2.05, 4.69) is 5.16 Å². The molecule has 1 saturated heterocycles. The first-order chi connectivity index (χ1) is 8.99. The van der Waals surface area contributed by atoms with E-state index >= 15 is 0 Å². The molecule has 7 nitrogen and oxygen atoms in total. The van der Waals surface area contributed by atoms with Crippen LogP contribution in [-0.4, -0.2) is 39.6 Å². The first-order valence-corrected chi connectivity index (χ1v) is 6.20. The summed E-state index contributed by atoms with van der Waals surface area (Å²) in [5, 5.41) is 12.5. The zero-order valence-corrected chi connectivity index (χ0v) is 10.7. The monoisotopic (exact) mass is 267 g/mol. The molecule has 0 spiro atoms. The first-order valence-electron chi connectivity index (χ1n) is 6.20. The highest BCUT2D eigenvalue weighted by atomic mass is 16.5. The number of hydrogen-bond donors (Lipinski definition) is 2. The average molecular weight is 267 g/mol. The molecule has 1 aliphatic heterocycles. The lowest BCUT2D eigenvalue weighted by Crippen LogP contribution is -2.44. The van der Waals surface area contributed by atoms with Crippen molar-refractivity contribution >= 4 is 11.9 Å². The molecule has 1 fully saturated rings. The van der Waals surface area contributed by atoms with Crippen molar-refractivity contribution in [2.45, 2.75) is 38.3 Å². The summed E-state index contributed by atoms with van der Waals surface area (Å²) in [5.41, 5.74) is 6.38. The number of aromatic nitrogens is 1. The van der Waals surface area contributed by atoms with Crippen LogP contribution in [0.1, 0.15) is 36.8 Å². The lowest BCUT2D eigenvalue weighted by molar-refractivity contribution is -0.142. The van der Waals surface area contributed by atoms with Gasteiger partial charge in [-0.3, -0.25) is 9.59 Å². The van der Waals surface area contributed by atoms with Crippen LogP contribution in [0.15, 0.2) is 10.6 Å². The van der Waals surface area contributed by atoms with Gasteiger partial charge < -0.3 is 20.3 Å². The van der Waals surface area contributed by atoms with Crippen molar-refractivity contribution in [2.75, 3.05) is 6.54 Å². The van der Waals surface area contributed by atoms with Crippen LogP contribution in [0.3, 0.4) is 0 Å². The number of nitrogens with zero attached hydrogens (tertiary/aromatic N) is 2. The summed E-state index contributed by atoms with van der Waals surface area (Å²) in [4.78, 5) is 24.3. The standard InChI is InChI=1S/C12H17N3O4/c1-7-5-10(19-14-7)9-3-2-4-15(9)12(18)8(13)6-11(16)17/h5,8-9H,2-4,6,13H2,1H3,(H,16,17). The number of amides is 1. The van der Waals surface area contributed by atoms with Crippen molar-refractivity contribution < 1.29 is 19.2 Å². The smallest absolute Gasteiger partial charge is 0.305 e. The Morgan fingerprint density at radius 3 is 3.00 bits per heavy atom. The minimum Gasteiger partial charge on any atom is -0.481 e. The molecule has 2 unspecified atom stereocenters. The second kappa shape index (κ2) is 5.40. The van der Waals surface area contributed by atoms with Crippen LogP contribution in [0, 0.1) is 6.92 Å². The number of aliphatic carboxylic acids is 1. The van der Waals surface area contributed by atoms with Crippen molar-refractivity contribution in [1.29, 1.82) is 0 Å². The molecule has 19 heavy (non-hydrogen) atoms. The molecule has 1 amide bonds. The molecule has 1 aromatic rings. The SMILES string of the molecule is Cc1cc(C2CCCN2C(=O)C(N)CC(=O)O)on1. The van der Waals surface area contributed by atoms with Crippen LogP contribution >= 0.6 is 0 Å². The zero-order valence-electron chi connectivity index (χ0n) is 10.7. The van der Waals surface area contributed by atoms with Gasteiger partial charge in [0.15, 0.2) is 5.76 Å². The van der Waals surface area contributed by atoms with E-state index in [1.165, 1.54) is 0 Å². The average Bonchev–Trinajstić information content (AvgIpc) is 2.94. The van der Waals surface area contributed by atoms with E-state index in [-0.39, 0.29) is 18.4 Å². The minimum atomic E-state index is -1.08. The Labute approximate surface area is 110 Å². The maximum atomic E-state index is 12.1. The maximum absolute atomic E-state index is 12.1. The van der Waals surface area contributed by atoms with Gasteiger partial charge in [0.25, 0.3) is 0 Å². The Kier molecular flexibility index (Phi) is 3.84. The normalized spacial score (nSPS) is 20.5. The predicted molar refractivity (Wildman–Crippen MR) is 65.2 cm³/mol. The molecule has 1 aromatic heterocycles. The van der Waals surface area contributed by atoms with Gasteiger partial charge in [-0.15, -0.1) is 0 Å². The van der Waals surface area contributed by atoms with E-state index in [9.17, 15) is 9.59 Å². The number of carboxylic acid groups (broad SMARTS) is 1. The van der Waals surface area contributed by atoms with Crippen molar-refractivity contribution in [1.82, 2.24) is 10.1 Å². The molecule has 2 atom stereocenters. The first kappa shape index (κ1) is 13.5. The fraction of sp³-hybridized carbons (Fsp3) is 0.583. The van der Waals surface area contributed by atoms with Crippen LogP contribution in [0.25, 0.3) is 0 Å². The predicted octanol–water partition coefficient (Wildman–Crippen LogP) is 0.449. The van der Waals surface area contributed by atoms with Gasteiger partial charge in [0.05, 0.1) is 24.2 Å². The number of carboxylic acids is 1. The van der Waals surface area contributed by atoms with Crippen molar-refractivity contribution in [3.8, 4) is 0 Å². The highest BCUT2D eigenvalue weighted by molar-refractivity contribution is 5.86. The van der Waals surface area contributed by atoms with E-state index in [0.717, 1.165) is 18.5 Å². The molecule has 0 aromatic carbocycles.